The van der Waals surface area contributed by atoms with Gasteiger partial charge in [0.1, 0.15) is 11.6 Å². The fourth-order valence-corrected chi connectivity index (χ4v) is 1.99. The van der Waals surface area contributed by atoms with Gasteiger partial charge in [0.2, 0.25) is 0 Å². The van der Waals surface area contributed by atoms with E-state index in [1.807, 2.05) is 12.1 Å². The molecular weight excluding hydrogens is 321 g/mol. The Kier molecular flexibility index (Phi) is 5.54. The first-order valence-corrected chi connectivity index (χ1v) is 7.10. The molecule has 0 aliphatic carbocycles. The van der Waals surface area contributed by atoms with Crippen molar-refractivity contribution in [3.8, 4) is 6.07 Å². The highest BCUT2D eigenvalue weighted by Gasteiger charge is 2.09. The maximum atomic E-state index is 12.0. The molecule has 2 aromatic rings. The van der Waals surface area contributed by atoms with Crippen LogP contribution in [-0.2, 0) is 11.3 Å². The van der Waals surface area contributed by atoms with E-state index in [0.717, 1.165) is 0 Å². The van der Waals surface area contributed by atoms with E-state index in [4.69, 9.17) is 28.5 Å². The van der Waals surface area contributed by atoms with Gasteiger partial charge in [-0.3, -0.25) is 9.78 Å². The van der Waals surface area contributed by atoms with Crippen LogP contribution in [0.15, 0.2) is 48.2 Å². The van der Waals surface area contributed by atoms with Crippen LogP contribution in [0.4, 0.5) is 0 Å². The zero-order valence-corrected chi connectivity index (χ0v) is 12.9. The molecule has 0 atom stereocenters. The molecule has 0 bridgehead atoms. The number of nitrogens with one attached hydrogen (secondary N) is 1. The van der Waals surface area contributed by atoms with E-state index in [1.54, 1.807) is 36.5 Å². The maximum Gasteiger partial charge on any atom is 0.262 e. The summed E-state index contributed by atoms with van der Waals surface area (Å²) in [5, 5.41) is 12.5. The molecule has 0 radical (unpaired) electrons. The third-order valence-electron chi connectivity index (χ3n) is 2.78. The molecule has 1 aromatic carbocycles. The monoisotopic (exact) mass is 331 g/mol. The number of rotatable bonds is 4. The van der Waals surface area contributed by atoms with Gasteiger partial charge in [-0.25, -0.2) is 0 Å². The van der Waals surface area contributed by atoms with Gasteiger partial charge >= 0.3 is 0 Å². The first-order valence-electron chi connectivity index (χ1n) is 6.35. The van der Waals surface area contributed by atoms with Crippen molar-refractivity contribution >= 4 is 35.2 Å². The van der Waals surface area contributed by atoms with Crippen molar-refractivity contribution in [1.29, 1.82) is 5.26 Å². The van der Waals surface area contributed by atoms with Gasteiger partial charge in [0, 0.05) is 6.20 Å². The molecule has 0 fully saturated rings. The van der Waals surface area contributed by atoms with Crippen LogP contribution in [0.3, 0.4) is 0 Å². The van der Waals surface area contributed by atoms with Crippen molar-refractivity contribution in [1.82, 2.24) is 10.3 Å². The molecule has 0 saturated carbocycles. The molecule has 0 unspecified atom stereocenters. The lowest BCUT2D eigenvalue weighted by Crippen LogP contribution is -2.24. The van der Waals surface area contributed by atoms with Gasteiger partial charge in [-0.2, -0.15) is 5.26 Å². The van der Waals surface area contributed by atoms with Crippen molar-refractivity contribution in [3.05, 3.63) is 69.5 Å². The molecule has 1 amide bonds. The smallest absolute Gasteiger partial charge is 0.262 e. The van der Waals surface area contributed by atoms with Crippen LogP contribution in [-0.4, -0.2) is 10.9 Å². The fourth-order valence-electron chi connectivity index (χ4n) is 1.69. The largest absolute Gasteiger partial charge is 0.346 e. The average molecular weight is 332 g/mol. The normalized spacial score (nSPS) is 10.9. The molecule has 1 aromatic heterocycles. The van der Waals surface area contributed by atoms with Gasteiger partial charge < -0.3 is 5.32 Å². The van der Waals surface area contributed by atoms with Crippen molar-refractivity contribution in [2.75, 3.05) is 0 Å². The number of carbonyl (C=O) groups is 1. The second-order valence-electron chi connectivity index (χ2n) is 4.35. The molecule has 110 valence electrons. The quantitative estimate of drug-likeness (QED) is 0.687. The zero-order valence-electron chi connectivity index (χ0n) is 11.4. The Hall–Kier alpha value is -2.35. The predicted octanol–water partition coefficient (Wildman–Crippen LogP) is 3.61. The van der Waals surface area contributed by atoms with Crippen LogP contribution in [0.2, 0.25) is 10.0 Å². The minimum absolute atomic E-state index is 0.0191. The topological polar surface area (TPSA) is 65.8 Å². The molecule has 1 N–H and O–H groups in total. The standard InChI is InChI=1S/C16H11Cl2N3O/c17-14-5-4-11(8-15(14)18)7-12(9-19)16(22)21-10-13-3-1-2-6-20-13/h1-8H,10H2,(H,21,22)/b12-7-. The summed E-state index contributed by atoms with van der Waals surface area (Å²) in [6.07, 6.45) is 3.09. The van der Waals surface area contributed by atoms with Crippen LogP contribution in [0.5, 0.6) is 0 Å². The fraction of sp³-hybridized carbons (Fsp3) is 0.0625. The van der Waals surface area contributed by atoms with Crippen LogP contribution in [0.1, 0.15) is 11.3 Å². The summed E-state index contributed by atoms with van der Waals surface area (Å²) in [5.41, 5.74) is 1.32. The number of aromatic nitrogens is 1. The van der Waals surface area contributed by atoms with Gasteiger partial charge in [-0.15, -0.1) is 0 Å². The summed E-state index contributed by atoms with van der Waals surface area (Å²) in [4.78, 5) is 16.1. The summed E-state index contributed by atoms with van der Waals surface area (Å²) in [7, 11) is 0. The van der Waals surface area contributed by atoms with Crippen LogP contribution < -0.4 is 5.32 Å². The van der Waals surface area contributed by atoms with Crippen LogP contribution in [0, 0.1) is 11.3 Å². The van der Waals surface area contributed by atoms with E-state index in [1.165, 1.54) is 6.08 Å². The Morgan fingerprint density at radius 1 is 1.27 bits per heavy atom. The summed E-state index contributed by atoms with van der Waals surface area (Å²) in [6.45, 7) is 0.250. The van der Waals surface area contributed by atoms with E-state index in [2.05, 4.69) is 10.3 Å². The molecule has 0 aliphatic rings. The summed E-state index contributed by atoms with van der Waals surface area (Å²) < 4.78 is 0. The van der Waals surface area contributed by atoms with E-state index in [9.17, 15) is 4.79 Å². The van der Waals surface area contributed by atoms with Gasteiger partial charge in [-0.05, 0) is 35.9 Å². The minimum atomic E-state index is -0.473. The Morgan fingerprint density at radius 3 is 2.73 bits per heavy atom. The first-order chi connectivity index (χ1) is 10.6. The highest BCUT2D eigenvalue weighted by atomic mass is 35.5. The number of hydrogen-bond acceptors (Lipinski definition) is 3. The Balaban J connectivity index is 2.10. The number of nitrogens with zero attached hydrogens (tertiary/aromatic N) is 2. The lowest BCUT2D eigenvalue weighted by atomic mass is 10.1. The Morgan fingerprint density at radius 2 is 2.09 bits per heavy atom. The van der Waals surface area contributed by atoms with Crippen LogP contribution >= 0.6 is 23.2 Å². The SMILES string of the molecule is N#C/C(=C/c1ccc(Cl)c(Cl)c1)C(=O)NCc1ccccn1. The Labute approximate surface area is 138 Å². The number of nitriles is 1. The lowest BCUT2D eigenvalue weighted by Gasteiger charge is -2.04. The third-order valence-corrected chi connectivity index (χ3v) is 3.51. The highest BCUT2D eigenvalue weighted by molar-refractivity contribution is 6.42. The van der Waals surface area contributed by atoms with Gasteiger partial charge in [0.05, 0.1) is 22.3 Å². The molecule has 6 heteroatoms. The number of amides is 1. The molecule has 1 heterocycles. The van der Waals surface area contributed by atoms with Crippen molar-refractivity contribution in [3.63, 3.8) is 0 Å². The zero-order chi connectivity index (χ0) is 15.9. The number of carbonyl (C=O) groups excluding carboxylic acids is 1. The average Bonchev–Trinajstić information content (AvgIpc) is 2.54. The van der Waals surface area contributed by atoms with E-state index in [-0.39, 0.29) is 12.1 Å². The number of hydrogen-bond donors (Lipinski definition) is 1. The molecular formula is C16H11Cl2N3O. The highest BCUT2D eigenvalue weighted by Crippen LogP contribution is 2.23. The number of pyridine rings is 1. The lowest BCUT2D eigenvalue weighted by molar-refractivity contribution is -0.117. The first kappa shape index (κ1) is 16.0. The van der Waals surface area contributed by atoms with E-state index >= 15 is 0 Å². The Bertz CT molecular complexity index is 752. The molecule has 0 saturated heterocycles. The molecule has 2 rings (SSSR count). The predicted molar refractivity (Wildman–Crippen MR) is 86.1 cm³/mol. The van der Waals surface area contributed by atoms with E-state index < -0.39 is 5.91 Å². The van der Waals surface area contributed by atoms with Gasteiger partial charge in [-0.1, -0.05) is 35.3 Å². The molecule has 0 spiro atoms. The second-order valence-corrected chi connectivity index (χ2v) is 5.16. The summed E-state index contributed by atoms with van der Waals surface area (Å²) in [5.74, 6) is -0.473. The number of benzene rings is 1. The number of halogens is 2. The van der Waals surface area contributed by atoms with E-state index in [0.29, 0.717) is 21.3 Å². The summed E-state index contributed by atoms with van der Waals surface area (Å²) in [6, 6.07) is 12.1. The van der Waals surface area contributed by atoms with Crippen molar-refractivity contribution < 1.29 is 4.79 Å². The van der Waals surface area contributed by atoms with Gasteiger partial charge in [0.25, 0.3) is 5.91 Å². The van der Waals surface area contributed by atoms with Gasteiger partial charge in [0.15, 0.2) is 0 Å². The van der Waals surface area contributed by atoms with Crippen molar-refractivity contribution in [2.45, 2.75) is 6.54 Å². The maximum absolute atomic E-state index is 12.0. The van der Waals surface area contributed by atoms with Crippen molar-refractivity contribution in [2.24, 2.45) is 0 Å². The minimum Gasteiger partial charge on any atom is -0.346 e. The molecule has 22 heavy (non-hydrogen) atoms. The van der Waals surface area contributed by atoms with Crippen LogP contribution in [0.25, 0.3) is 6.08 Å². The second kappa shape index (κ2) is 7.60. The third kappa shape index (κ3) is 4.32. The summed E-state index contributed by atoms with van der Waals surface area (Å²) >= 11 is 11.7. The molecule has 0 aliphatic heterocycles. The molecule has 4 nitrogen and oxygen atoms in total.